The topological polar surface area (TPSA) is 67.9 Å². The lowest BCUT2D eigenvalue weighted by Gasteiger charge is -2.10. The van der Waals surface area contributed by atoms with E-state index in [0.717, 1.165) is 23.3 Å². The largest absolute Gasteiger partial charge is 0.496 e. The summed E-state index contributed by atoms with van der Waals surface area (Å²) in [5.74, 6) is 0.790. The lowest BCUT2D eigenvalue weighted by molar-refractivity contribution is 0.410. The summed E-state index contributed by atoms with van der Waals surface area (Å²) < 4.78 is 6.57. The van der Waals surface area contributed by atoms with Crippen molar-refractivity contribution in [2.75, 3.05) is 7.11 Å². The molecule has 1 aromatic carbocycles. The van der Waals surface area contributed by atoms with Crippen molar-refractivity contribution in [3.05, 3.63) is 46.0 Å². The van der Waals surface area contributed by atoms with Gasteiger partial charge in [-0.25, -0.2) is 4.79 Å². The van der Waals surface area contributed by atoms with Crippen LogP contribution in [0.3, 0.4) is 0 Å². The van der Waals surface area contributed by atoms with Crippen LogP contribution in [0.1, 0.15) is 18.1 Å². The fraction of sp³-hybridized carbons (Fsp3) is 0.267. The van der Waals surface area contributed by atoms with E-state index in [-0.39, 0.29) is 5.69 Å². The van der Waals surface area contributed by atoms with Crippen molar-refractivity contribution in [2.45, 2.75) is 13.3 Å². The van der Waals surface area contributed by atoms with Crippen molar-refractivity contribution >= 4 is 0 Å². The average molecular weight is 269 g/mol. The summed E-state index contributed by atoms with van der Waals surface area (Å²) in [6.45, 7) is 2.02. The van der Waals surface area contributed by atoms with Gasteiger partial charge in [0.2, 0.25) is 0 Å². The van der Waals surface area contributed by atoms with Crippen LogP contribution < -0.4 is 10.4 Å². The van der Waals surface area contributed by atoms with Crippen LogP contribution in [-0.4, -0.2) is 16.7 Å². The first-order valence-electron chi connectivity index (χ1n) is 6.25. The maximum atomic E-state index is 11.7. The molecule has 0 aliphatic carbocycles. The summed E-state index contributed by atoms with van der Waals surface area (Å²) in [6, 6.07) is 7.61. The molecule has 0 bridgehead atoms. The summed E-state index contributed by atoms with van der Waals surface area (Å²) in [4.78, 5) is 15.7. The van der Waals surface area contributed by atoms with Gasteiger partial charge in [-0.3, -0.25) is 0 Å². The highest BCUT2D eigenvalue weighted by Gasteiger charge is 2.11. The van der Waals surface area contributed by atoms with Crippen LogP contribution in [0.5, 0.6) is 5.75 Å². The Kier molecular flexibility index (Phi) is 3.85. The van der Waals surface area contributed by atoms with Crippen LogP contribution in [0, 0.1) is 11.3 Å². The highest BCUT2D eigenvalue weighted by atomic mass is 16.5. The van der Waals surface area contributed by atoms with Crippen LogP contribution in [0.4, 0.5) is 0 Å². The number of benzene rings is 1. The third kappa shape index (κ3) is 2.41. The second kappa shape index (κ2) is 5.57. The second-order valence-corrected chi connectivity index (χ2v) is 4.39. The second-order valence-electron chi connectivity index (χ2n) is 4.39. The van der Waals surface area contributed by atoms with E-state index in [1.54, 1.807) is 20.2 Å². The Hall–Kier alpha value is -2.61. The zero-order valence-electron chi connectivity index (χ0n) is 11.7. The normalized spacial score (nSPS) is 10.1. The van der Waals surface area contributed by atoms with Crippen molar-refractivity contribution in [3.63, 3.8) is 0 Å². The molecule has 0 atom stereocenters. The van der Waals surface area contributed by atoms with Gasteiger partial charge < -0.3 is 9.30 Å². The number of nitrogens with zero attached hydrogens (tertiary/aromatic N) is 3. The minimum Gasteiger partial charge on any atom is -0.496 e. The summed E-state index contributed by atoms with van der Waals surface area (Å²) in [7, 11) is 3.19. The lowest BCUT2D eigenvalue weighted by Crippen LogP contribution is -2.20. The van der Waals surface area contributed by atoms with Crippen molar-refractivity contribution in [3.8, 4) is 23.1 Å². The number of hydrogen-bond donors (Lipinski definition) is 0. The van der Waals surface area contributed by atoms with Crippen LogP contribution in [0.25, 0.3) is 11.3 Å². The summed E-state index contributed by atoms with van der Waals surface area (Å²) in [6.07, 6.45) is 2.30. The molecule has 0 saturated heterocycles. The van der Waals surface area contributed by atoms with E-state index >= 15 is 0 Å². The molecular weight excluding hydrogens is 254 g/mol. The molecule has 0 unspecified atom stereocenters. The molecule has 1 aromatic heterocycles. The Labute approximate surface area is 117 Å². The van der Waals surface area contributed by atoms with Gasteiger partial charge in [-0.15, -0.1) is 0 Å². The number of hydrogen-bond acceptors (Lipinski definition) is 4. The van der Waals surface area contributed by atoms with Crippen molar-refractivity contribution in [1.29, 1.82) is 5.26 Å². The third-order valence-corrected chi connectivity index (χ3v) is 3.14. The molecule has 5 nitrogen and oxygen atoms in total. The van der Waals surface area contributed by atoms with Crippen molar-refractivity contribution < 1.29 is 4.74 Å². The van der Waals surface area contributed by atoms with E-state index in [0.29, 0.717) is 11.3 Å². The quantitative estimate of drug-likeness (QED) is 0.853. The van der Waals surface area contributed by atoms with Crippen LogP contribution in [0.2, 0.25) is 0 Å². The molecule has 0 N–H and O–H groups in total. The van der Waals surface area contributed by atoms with E-state index in [2.05, 4.69) is 11.1 Å². The predicted molar refractivity (Wildman–Crippen MR) is 75.6 cm³/mol. The Morgan fingerprint density at radius 1 is 1.45 bits per heavy atom. The Bertz CT molecular complexity index is 742. The standard InChI is InChI=1S/C15H15N3O2/c1-4-10-7-11(5-6-13(10)20-3)14-12(8-16)9-18(2)15(19)17-14/h5-7,9H,4H2,1-3H3. The number of ether oxygens (including phenoxy) is 1. The van der Waals surface area contributed by atoms with Crippen molar-refractivity contribution in [1.82, 2.24) is 9.55 Å². The molecule has 102 valence electrons. The van der Waals surface area contributed by atoms with Crippen molar-refractivity contribution in [2.24, 2.45) is 7.05 Å². The fourth-order valence-corrected chi connectivity index (χ4v) is 2.05. The van der Waals surface area contributed by atoms with Crippen LogP contribution >= 0.6 is 0 Å². The monoisotopic (exact) mass is 269 g/mol. The smallest absolute Gasteiger partial charge is 0.347 e. The zero-order chi connectivity index (χ0) is 14.7. The molecule has 0 saturated carbocycles. The molecule has 20 heavy (non-hydrogen) atoms. The van der Waals surface area contributed by atoms with Gasteiger partial charge >= 0.3 is 5.69 Å². The number of rotatable bonds is 3. The van der Waals surface area contributed by atoms with E-state index < -0.39 is 0 Å². The number of aryl methyl sites for hydroxylation is 2. The molecule has 2 rings (SSSR count). The van der Waals surface area contributed by atoms with E-state index in [1.807, 2.05) is 19.1 Å². The average Bonchev–Trinajstić information content (AvgIpc) is 2.48. The van der Waals surface area contributed by atoms with Gasteiger partial charge in [0, 0.05) is 18.8 Å². The molecule has 0 aliphatic heterocycles. The van der Waals surface area contributed by atoms with Crippen LogP contribution in [0.15, 0.2) is 29.2 Å². The molecule has 0 spiro atoms. The van der Waals surface area contributed by atoms with Gasteiger partial charge in [0.1, 0.15) is 11.8 Å². The molecule has 0 radical (unpaired) electrons. The Morgan fingerprint density at radius 2 is 2.20 bits per heavy atom. The van der Waals surface area contributed by atoms with Crippen LogP contribution in [-0.2, 0) is 13.5 Å². The van der Waals surface area contributed by atoms with Gasteiger partial charge in [-0.1, -0.05) is 6.92 Å². The first-order valence-corrected chi connectivity index (χ1v) is 6.25. The highest BCUT2D eigenvalue weighted by molar-refractivity contribution is 5.67. The van der Waals surface area contributed by atoms with E-state index in [9.17, 15) is 10.1 Å². The summed E-state index contributed by atoms with van der Waals surface area (Å²) >= 11 is 0. The molecular formula is C15H15N3O2. The van der Waals surface area contributed by atoms with Gasteiger partial charge in [0.15, 0.2) is 0 Å². The molecule has 2 aromatic rings. The summed E-state index contributed by atoms with van der Waals surface area (Å²) in [5.41, 5.74) is 2.16. The maximum Gasteiger partial charge on any atom is 0.347 e. The van der Waals surface area contributed by atoms with E-state index in [4.69, 9.17) is 4.74 Å². The Morgan fingerprint density at radius 3 is 2.80 bits per heavy atom. The number of nitriles is 1. The maximum absolute atomic E-state index is 11.7. The third-order valence-electron chi connectivity index (χ3n) is 3.14. The fourth-order valence-electron chi connectivity index (χ4n) is 2.05. The molecule has 1 heterocycles. The first kappa shape index (κ1) is 13.8. The Balaban J connectivity index is 2.66. The molecule has 0 fully saturated rings. The lowest BCUT2D eigenvalue weighted by atomic mass is 10.0. The van der Waals surface area contributed by atoms with E-state index in [1.165, 1.54) is 10.8 Å². The molecule has 0 amide bonds. The van der Waals surface area contributed by atoms with Gasteiger partial charge in [-0.05, 0) is 30.2 Å². The van der Waals surface area contributed by atoms with Gasteiger partial charge in [0.25, 0.3) is 0 Å². The van der Waals surface area contributed by atoms with Gasteiger partial charge in [-0.2, -0.15) is 10.2 Å². The summed E-state index contributed by atoms with van der Waals surface area (Å²) in [5, 5.41) is 9.19. The first-order chi connectivity index (χ1) is 9.60. The number of aromatic nitrogens is 2. The minimum absolute atomic E-state index is 0.374. The zero-order valence-corrected chi connectivity index (χ0v) is 11.7. The highest BCUT2D eigenvalue weighted by Crippen LogP contribution is 2.27. The minimum atomic E-state index is -0.382. The predicted octanol–water partition coefficient (Wildman–Crippen LogP) is 1.89. The SMILES string of the molecule is CCc1cc(-c2nc(=O)n(C)cc2C#N)ccc1OC. The number of methoxy groups -OCH3 is 1. The molecule has 0 aliphatic rings. The van der Waals surface area contributed by atoms with Gasteiger partial charge in [0.05, 0.1) is 18.4 Å². The molecule has 5 heteroatoms.